The summed E-state index contributed by atoms with van der Waals surface area (Å²) in [6, 6.07) is 20.6. The molecule has 0 unspecified atom stereocenters. The van der Waals surface area contributed by atoms with E-state index in [4.69, 9.17) is 12.2 Å². The summed E-state index contributed by atoms with van der Waals surface area (Å²) in [5, 5.41) is 5.65. The van der Waals surface area contributed by atoms with Gasteiger partial charge in [-0.25, -0.2) is 9.97 Å². The van der Waals surface area contributed by atoms with Crippen molar-refractivity contribution in [2.75, 3.05) is 5.32 Å². The molecule has 0 radical (unpaired) electrons. The van der Waals surface area contributed by atoms with Crippen molar-refractivity contribution in [3.8, 4) is 11.3 Å². The molecule has 1 aromatic heterocycles. The van der Waals surface area contributed by atoms with Crippen molar-refractivity contribution >= 4 is 29.2 Å². The number of hydrogen-bond acceptors (Lipinski definition) is 4. The first-order valence-corrected chi connectivity index (χ1v) is 8.11. The highest BCUT2D eigenvalue weighted by atomic mass is 32.1. The first kappa shape index (κ1) is 16.7. The van der Waals surface area contributed by atoms with Crippen LogP contribution in [-0.4, -0.2) is 21.0 Å². The van der Waals surface area contributed by atoms with Crippen LogP contribution in [0.15, 0.2) is 66.7 Å². The number of amides is 1. The Morgan fingerprint density at radius 1 is 0.960 bits per heavy atom. The van der Waals surface area contributed by atoms with Gasteiger partial charge in [0.15, 0.2) is 5.11 Å². The highest BCUT2D eigenvalue weighted by Gasteiger charge is 2.10. The number of nitrogens with zero attached hydrogens (tertiary/aromatic N) is 2. The van der Waals surface area contributed by atoms with Gasteiger partial charge in [0.05, 0.1) is 5.69 Å². The maximum absolute atomic E-state index is 12.1. The number of benzene rings is 2. The number of thiocarbonyl (C=S) groups is 1. The van der Waals surface area contributed by atoms with Gasteiger partial charge in [-0.1, -0.05) is 48.5 Å². The van der Waals surface area contributed by atoms with Gasteiger partial charge in [0.25, 0.3) is 5.91 Å². The lowest BCUT2D eigenvalue weighted by Crippen LogP contribution is -2.34. The number of anilines is 1. The van der Waals surface area contributed by atoms with E-state index >= 15 is 0 Å². The van der Waals surface area contributed by atoms with Crippen molar-refractivity contribution in [3.63, 3.8) is 0 Å². The van der Waals surface area contributed by atoms with Crippen molar-refractivity contribution in [3.05, 3.63) is 78.0 Å². The molecule has 0 atom stereocenters. The lowest BCUT2D eigenvalue weighted by atomic mass is 10.1. The van der Waals surface area contributed by atoms with E-state index < -0.39 is 0 Å². The van der Waals surface area contributed by atoms with E-state index in [0.717, 1.165) is 17.0 Å². The van der Waals surface area contributed by atoms with Crippen LogP contribution in [0.1, 0.15) is 16.1 Å². The number of hydrogen-bond donors (Lipinski definition) is 2. The zero-order valence-corrected chi connectivity index (χ0v) is 14.4. The fraction of sp³-hybridized carbons (Fsp3) is 0.0526. The van der Waals surface area contributed by atoms with E-state index in [0.29, 0.717) is 11.5 Å². The quantitative estimate of drug-likeness (QED) is 0.708. The Morgan fingerprint density at radius 3 is 2.28 bits per heavy atom. The second kappa shape index (κ2) is 7.63. The highest BCUT2D eigenvalue weighted by Crippen LogP contribution is 2.18. The summed E-state index contributed by atoms with van der Waals surface area (Å²) in [5.74, 6) is 0.0613. The van der Waals surface area contributed by atoms with Crippen molar-refractivity contribution in [1.29, 1.82) is 0 Å². The molecule has 0 bridgehead atoms. The SMILES string of the molecule is Cc1cc(-c2ccccc2)nc(NC(=S)NC(=O)c2ccccc2)n1. The molecule has 2 aromatic carbocycles. The summed E-state index contributed by atoms with van der Waals surface area (Å²) in [5.41, 5.74) is 3.10. The van der Waals surface area contributed by atoms with E-state index in [2.05, 4.69) is 20.6 Å². The van der Waals surface area contributed by atoms with Crippen LogP contribution in [-0.2, 0) is 0 Å². The number of carbonyl (C=O) groups excluding carboxylic acids is 1. The molecular weight excluding hydrogens is 332 g/mol. The summed E-state index contributed by atoms with van der Waals surface area (Å²) in [4.78, 5) is 20.9. The molecule has 0 spiro atoms. The first-order valence-electron chi connectivity index (χ1n) is 7.70. The van der Waals surface area contributed by atoms with Gasteiger partial charge in [-0.2, -0.15) is 0 Å². The van der Waals surface area contributed by atoms with Crippen LogP contribution >= 0.6 is 12.2 Å². The van der Waals surface area contributed by atoms with Crippen molar-refractivity contribution in [2.45, 2.75) is 6.92 Å². The minimum atomic E-state index is -0.283. The van der Waals surface area contributed by atoms with Crippen LogP contribution in [0.2, 0.25) is 0 Å². The summed E-state index contributed by atoms with van der Waals surface area (Å²) >= 11 is 5.19. The lowest BCUT2D eigenvalue weighted by molar-refractivity contribution is 0.0977. The van der Waals surface area contributed by atoms with Gasteiger partial charge in [-0.3, -0.25) is 10.1 Å². The van der Waals surface area contributed by atoms with Crippen LogP contribution in [0.4, 0.5) is 5.95 Å². The Balaban J connectivity index is 1.73. The fourth-order valence-corrected chi connectivity index (χ4v) is 2.46. The van der Waals surface area contributed by atoms with Gasteiger partial charge >= 0.3 is 0 Å². The Morgan fingerprint density at radius 2 is 1.60 bits per heavy atom. The number of rotatable bonds is 3. The number of carbonyl (C=O) groups is 1. The zero-order valence-electron chi connectivity index (χ0n) is 13.6. The summed E-state index contributed by atoms with van der Waals surface area (Å²) in [6.45, 7) is 1.88. The van der Waals surface area contributed by atoms with Crippen molar-refractivity contribution < 1.29 is 4.79 Å². The molecule has 0 aliphatic rings. The van der Waals surface area contributed by atoms with Crippen molar-refractivity contribution in [2.24, 2.45) is 0 Å². The summed E-state index contributed by atoms with van der Waals surface area (Å²) in [7, 11) is 0. The largest absolute Gasteiger partial charge is 0.301 e. The number of aromatic nitrogens is 2. The normalized spacial score (nSPS) is 10.1. The fourth-order valence-electron chi connectivity index (χ4n) is 2.28. The van der Waals surface area contributed by atoms with Crippen LogP contribution in [0.3, 0.4) is 0 Å². The lowest BCUT2D eigenvalue weighted by Gasteiger charge is -2.10. The van der Waals surface area contributed by atoms with E-state index in [1.165, 1.54) is 0 Å². The molecule has 1 heterocycles. The van der Waals surface area contributed by atoms with Gasteiger partial charge in [-0.15, -0.1) is 0 Å². The molecule has 2 N–H and O–H groups in total. The molecule has 0 fully saturated rings. The standard InChI is InChI=1S/C19H16N4OS/c1-13-12-16(14-8-4-2-5-9-14)21-18(20-13)23-19(25)22-17(24)15-10-6-3-7-11-15/h2-12H,1H3,(H2,20,21,22,23,24,25). The number of nitrogens with one attached hydrogen (secondary N) is 2. The first-order chi connectivity index (χ1) is 12.1. The highest BCUT2D eigenvalue weighted by molar-refractivity contribution is 7.80. The van der Waals surface area contributed by atoms with E-state index in [-0.39, 0.29) is 11.0 Å². The van der Waals surface area contributed by atoms with Crippen molar-refractivity contribution in [1.82, 2.24) is 15.3 Å². The Kier molecular flexibility index (Phi) is 5.11. The topological polar surface area (TPSA) is 66.9 Å². The predicted molar refractivity (Wildman–Crippen MR) is 102 cm³/mol. The molecular formula is C19H16N4OS. The van der Waals surface area contributed by atoms with Gasteiger partial charge < -0.3 is 5.32 Å². The second-order valence-corrected chi connectivity index (χ2v) is 5.77. The molecule has 0 aliphatic carbocycles. The van der Waals surface area contributed by atoms with E-state index in [1.54, 1.807) is 24.3 Å². The molecule has 5 nitrogen and oxygen atoms in total. The molecule has 0 saturated carbocycles. The monoisotopic (exact) mass is 348 g/mol. The average molecular weight is 348 g/mol. The zero-order chi connectivity index (χ0) is 17.6. The van der Waals surface area contributed by atoms with Gasteiger partial charge in [0, 0.05) is 16.8 Å². The maximum atomic E-state index is 12.1. The number of aryl methyl sites for hydroxylation is 1. The second-order valence-electron chi connectivity index (χ2n) is 5.36. The predicted octanol–water partition coefficient (Wildman–Crippen LogP) is 3.58. The molecule has 6 heteroatoms. The van der Waals surface area contributed by atoms with E-state index in [1.807, 2.05) is 49.4 Å². The summed E-state index contributed by atoms with van der Waals surface area (Å²) < 4.78 is 0. The Hall–Kier alpha value is -3.12. The third kappa shape index (κ3) is 4.45. The molecule has 25 heavy (non-hydrogen) atoms. The smallest absolute Gasteiger partial charge is 0.257 e. The maximum Gasteiger partial charge on any atom is 0.257 e. The van der Waals surface area contributed by atoms with Gasteiger partial charge in [0.1, 0.15) is 0 Å². The third-order valence-electron chi connectivity index (χ3n) is 3.41. The Labute approximate surface area is 151 Å². The molecule has 3 rings (SSSR count). The Bertz CT molecular complexity index is 898. The minimum Gasteiger partial charge on any atom is -0.301 e. The van der Waals surface area contributed by atoms with Crippen LogP contribution < -0.4 is 10.6 Å². The van der Waals surface area contributed by atoms with Gasteiger partial charge in [0.2, 0.25) is 5.95 Å². The molecule has 1 amide bonds. The molecule has 0 aliphatic heterocycles. The molecule has 124 valence electrons. The van der Waals surface area contributed by atoms with E-state index in [9.17, 15) is 4.79 Å². The molecule has 0 saturated heterocycles. The summed E-state index contributed by atoms with van der Waals surface area (Å²) in [6.07, 6.45) is 0. The van der Waals surface area contributed by atoms with Crippen LogP contribution in [0.25, 0.3) is 11.3 Å². The van der Waals surface area contributed by atoms with Crippen LogP contribution in [0.5, 0.6) is 0 Å². The third-order valence-corrected chi connectivity index (χ3v) is 3.62. The minimum absolute atomic E-state index is 0.151. The average Bonchev–Trinajstić information content (AvgIpc) is 2.62. The molecule has 3 aromatic rings. The van der Waals surface area contributed by atoms with Crippen LogP contribution in [0, 0.1) is 6.92 Å². The van der Waals surface area contributed by atoms with Gasteiger partial charge in [-0.05, 0) is 37.3 Å².